The van der Waals surface area contributed by atoms with E-state index in [1.165, 1.54) is 11.3 Å². The number of rotatable bonds is 7. The molecule has 0 aliphatic heterocycles. The van der Waals surface area contributed by atoms with E-state index in [9.17, 15) is 4.79 Å². The zero-order chi connectivity index (χ0) is 20.9. The highest BCUT2D eigenvalue weighted by atomic mass is 32.1. The number of nitrogens with zero attached hydrogens (tertiary/aromatic N) is 4. The van der Waals surface area contributed by atoms with Crippen LogP contribution in [0.5, 0.6) is 5.88 Å². The number of ether oxygens (including phenoxy) is 1. The van der Waals surface area contributed by atoms with E-state index in [1.807, 2.05) is 56.4 Å². The van der Waals surface area contributed by atoms with Crippen molar-refractivity contribution < 1.29 is 9.53 Å². The molecule has 0 aliphatic rings. The van der Waals surface area contributed by atoms with Crippen molar-refractivity contribution in [1.82, 2.24) is 25.1 Å². The summed E-state index contributed by atoms with van der Waals surface area (Å²) in [6.45, 7) is 4.27. The Kier molecular flexibility index (Phi) is 5.85. The van der Waals surface area contributed by atoms with Gasteiger partial charge in [0.2, 0.25) is 5.88 Å². The average Bonchev–Trinajstić information content (AvgIpc) is 3.43. The highest BCUT2D eigenvalue weighted by Crippen LogP contribution is 2.24. The number of benzene rings is 1. The van der Waals surface area contributed by atoms with Crippen molar-refractivity contribution in [2.24, 2.45) is 0 Å². The molecule has 0 saturated heterocycles. The predicted octanol–water partition coefficient (Wildman–Crippen LogP) is 4.11. The lowest BCUT2D eigenvalue weighted by molar-refractivity contribution is 0.0946. The molecule has 0 spiro atoms. The van der Waals surface area contributed by atoms with E-state index >= 15 is 0 Å². The molecule has 3 aromatic heterocycles. The van der Waals surface area contributed by atoms with Crippen molar-refractivity contribution in [2.75, 3.05) is 0 Å². The highest BCUT2D eigenvalue weighted by molar-refractivity contribution is 7.13. The second-order valence-electron chi connectivity index (χ2n) is 6.90. The fourth-order valence-electron chi connectivity index (χ4n) is 2.77. The van der Waals surface area contributed by atoms with E-state index in [2.05, 4.69) is 20.4 Å². The van der Waals surface area contributed by atoms with Gasteiger partial charge in [0, 0.05) is 35.9 Å². The number of para-hydroxylation sites is 1. The molecule has 7 nitrogen and oxygen atoms in total. The molecule has 152 valence electrons. The number of aromatic nitrogens is 4. The first-order valence-electron chi connectivity index (χ1n) is 9.54. The van der Waals surface area contributed by atoms with Crippen LogP contribution in [-0.4, -0.2) is 31.8 Å². The molecule has 0 radical (unpaired) electrons. The van der Waals surface area contributed by atoms with Crippen LogP contribution in [0.3, 0.4) is 0 Å². The third-order valence-electron chi connectivity index (χ3n) is 4.19. The summed E-state index contributed by atoms with van der Waals surface area (Å²) in [7, 11) is 0. The second-order valence-corrected chi connectivity index (χ2v) is 7.76. The fourth-order valence-corrected chi connectivity index (χ4v) is 3.54. The summed E-state index contributed by atoms with van der Waals surface area (Å²) in [6, 6.07) is 13.5. The minimum absolute atomic E-state index is 0.0710. The van der Waals surface area contributed by atoms with Gasteiger partial charge in [-0.25, -0.2) is 14.6 Å². The van der Waals surface area contributed by atoms with Gasteiger partial charge >= 0.3 is 0 Å². The quantitative estimate of drug-likeness (QED) is 0.488. The topological polar surface area (TPSA) is 81.9 Å². The Labute approximate surface area is 178 Å². The Hall–Kier alpha value is -3.52. The first-order chi connectivity index (χ1) is 14.6. The molecule has 4 aromatic rings. The number of carbonyl (C=O) groups excluding carboxylic acids is 1. The number of carbonyl (C=O) groups is 1. The van der Waals surface area contributed by atoms with E-state index in [4.69, 9.17) is 4.74 Å². The fraction of sp³-hybridized carbons (Fsp3) is 0.182. The standard InChI is InChI=1S/C22H21N5O2S/c1-15(2)29-20-9-8-16(10-23-20)11-24-21(28)19-14-30-22(26-19)17-12-25-27(13-17)18-6-4-3-5-7-18/h3-10,12-15H,11H2,1-2H3,(H,24,28). The van der Waals surface area contributed by atoms with Crippen LogP contribution in [0.25, 0.3) is 16.3 Å². The minimum Gasteiger partial charge on any atom is -0.475 e. The summed E-state index contributed by atoms with van der Waals surface area (Å²) in [5, 5.41) is 9.76. The molecule has 1 amide bonds. The number of amides is 1. The van der Waals surface area contributed by atoms with Crippen molar-refractivity contribution in [3.8, 4) is 22.1 Å². The smallest absolute Gasteiger partial charge is 0.271 e. The summed E-state index contributed by atoms with van der Waals surface area (Å²) in [5.41, 5.74) is 3.11. The zero-order valence-electron chi connectivity index (χ0n) is 16.6. The maximum Gasteiger partial charge on any atom is 0.271 e. The number of hydrogen-bond acceptors (Lipinski definition) is 6. The summed E-state index contributed by atoms with van der Waals surface area (Å²) in [4.78, 5) is 21.2. The molecule has 1 N–H and O–H groups in total. The highest BCUT2D eigenvalue weighted by Gasteiger charge is 2.13. The van der Waals surface area contributed by atoms with Crippen LogP contribution in [-0.2, 0) is 6.54 Å². The van der Waals surface area contributed by atoms with Crippen molar-refractivity contribution >= 4 is 17.2 Å². The van der Waals surface area contributed by atoms with E-state index in [-0.39, 0.29) is 12.0 Å². The van der Waals surface area contributed by atoms with Gasteiger partial charge in [0.1, 0.15) is 10.7 Å². The lowest BCUT2D eigenvalue weighted by Crippen LogP contribution is -2.23. The van der Waals surface area contributed by atoms with Gasteiger partial charge in [0.25, 0.3) is 5.91 Å². The lowest BCUT2D eigenvalue weighted by Gasteiger charge is -2.09. The number of pyridine rings is 1. The molecule has 4 rings (SSSR count). The average molecular weight is 420 g/mol. The van der Waals surface area contributed by atoms with Gasteiger partial charge in [-0.15, -0.1) is 11.3 Å². The van der Waals surface area contributed by atoms with Crippen LogP contribution in [0, 0.1) is 0 Å². The van der Waals surface area contributed by atoms with Crippen LogP contribution in [0.2, 0.25) is 0 Å². The van der Waals surface area contributed by atoms with E-state index < -0.39 is 0 Å². The van der Waals surface area contributed by atoms with Gasteiger partial charge in [-0.3, -0.25) is 4.79 Å². The molecule has 0 fully saturated rings. The molecule has 1 aromatic carbocycles. The molecule has 3 heterocycles. The first-order valence-corrected chi connectivity index (χ1v) is 10.4. The van der Waals surface area contributed by atoms with Gasteiger partial charge in [0.05, 0.1) is 18.0 Å². The molecule has 30 heavy (non-hydrogen) atoms. The summed E-state index contributed by atoms with van der Waals surface area (Å²) >= 11 is 1.41. The van der Waals surface area contributed by atoms with Gasteiger partial charge in [-0.1, -0.05) is 24.3 Å². The largest absolute Gasteiger partial charge is 0.475 e. The second kappa shape index (κ2) is 8.87. The van der Waals surface area contributed by atoms with Crippen molar-refractivity contribution in [3.63, 3.8) is 0 Å². The van der Waals surface area contributed by atoms with Crippen molar-refractivity contribution in [1.29, 1.82) is 0 Å². The van der Waals surface area contributed by atoms with Crippen LogP contribution in [0.4, 0.5) is 0 Å². The van der Waals surface area contributed by atoms with Crippen LogP contribution < -0.4 is 10.1 Å². The maximum atomic E-state index is 12.5. The summed E-state index contributed by atoms with van der Waals surface area (Å²) in [6.07, 6.45) is 5.42. The molecular formula is C22H21N5O2S. The molecule has 0 atom stereocenters. The van der Waals surface area contributed by atoms with Crippen LogP contribution >= 0.6 is 11.3 Å². The Morgan fingerprint density at radius 1 is 1.17 bits per heavy atom. The molecule has 0 aliphatic carbocycles. The van der Waals surface area contributed by atoms with Crippen LogP contribution in [0.1, 0.15) is 29.9 Å². The SMILES string of the molecule is CC(C)Oc1ccc(CNC(=O)c2csc(-c3cnn(-c4ccccc4)c3)n2)cn1. The zero-order valence-corrected chi connectivity index (χ0v) is 17.5. The number of nitrogens with one attached hydrogen (secondary N) is 1. The third kappa shape index (κ3) is 4.72. The van der Waals surface area contributed by atoms with Gasteiger partial charge < -0.3 is 10.1 Å². The van der Waals surface area contributed by atoms with Crippen LogP contribution in [0.15, 0.2) is 66.4 Å². The maximum absolute atomic E-state index is 12.5. The molecule has 8 heteroatoms. The first kappa shape index (κ1) is 19.8. The summed E-state index contributed by atoms with van der Waals surface area (Å²) < 4.78 is 7.31. The van der Waals surface area contributed by atoms with Gasteiger partial charge in [-0.2, -0.15) is 5.10 Å². The molecule has 0 saturated carbocycles. The molecule has 0 unspecified atom stereocenters. The van der Waals surface area contributed by atoms with E-state index in [0.29, 0.717) is 18.1 Å². The monoisotopic (exact) mass is 419 g/mol. The Morgan fingerprint density at radius 3 is 2.73 bits per heavy atom. The molecule has 0 bridgehead atoms. The number of hydrogen-bond donors (Lipinski definition) is 1. The Bertz CT molecular complexity index is 1120. The Morgan fingerprint density at radius 2 is 2.00 bits per heavy atom. The Balaban J connectivity index is 1.38. The van der Waals surface area contributed by atoms with Gasteiger partial charge in [0.15, 0.2) is 0 Å². The summed E-state index contributed by atoms with van der Waals surface area (Å²) in [5.74, 6) is 0.343. The van der Waals surface area contributed by atoms with Crippen molar-refractivity contribution in [2.45, 2.75) is 26.5 Å². The molecular weight excluding hydrogens is 398 g/mol. The van der Waals surface area contributed by atoms with Gasteiger partial charge in [-0.05, 0) is 31.5 Å². The lowest BCUT2D eigenvalue weighted by atomic mass is 10.3. The predicted molar refractivity (Wildman–Crippen MR) is 116 cm³/mol. The third-order valence-corrected chi connectivity index (χ3v) is 5.09. The van der Waals surface area contributed by atoms with E-state index in [1.54, 1.807) is 28.5 Å². The number of thiazole rings is 1. The van der Waals surface area contributed by atoms with E-state index in [0.717, 1.165) is 21.8 Å². The normalized spacial score (nSPS) is 10.9. The minimum atomic E-state index is -0.226. The van der Waals surface area contributed by atoms with Crippen molar-refractivity contribution in [3.05, 3.63) is 77.7 Å².